The molecule has 1 aliphatic rings. The van der Waals surface area contributed by atoms with Crippen molar-refractivity contribution in [3.8, 4) is 17.1 Å². The summed E-state index contributed by atoms with van der Waals surface area (Å²) in [5, 5.41) is 15.5. The molecule has 10 nitrogen and oxygen atoms in total. The minimum atomic E-state index is -1.01. The Morgan fingerprint density at radius 3 is 2.53 bits per heavy atom. The maximum Gasteiger partial charge on any atom is 0.257 e. The monoisotopic (exact) mass is 530 g/mol. The van der Waals surface area contributed by atoms with Gasteiger partial charge in [0.2, 0.25) is 17.7 Å². The molecule has 0 aliphatic carbocycles. The summed E-state index contributed by atoms with van der Waals surface area (Å²) in [5.41, 5.74) is 0.0184. The third-order valence-electron chi connectivity index (χ3n) is 6.39. The maximum atomic E-state index is 14.3. The molecule has 1 fully saturated rings. The second-order valence-corrected chi connectivity index (χ2v) is 9.38. The van der Waals surface area contributed by atoms with Crippen molar-refractivity contribution in [2.45, 2.75) is 52.1 Å². The lowest BCUT2D eigenvalue weighted by Crippen LogP contribution is -2.34. The molecule has 1 aliphatic heterocycles. The van der Waals surface area contributed by atoms with Crippen LogP contribution in [-0.2, 0) is 6.42 Å². The molecule has 0 bridgehead atoms. The number of rotatable bonds is 11. The number of halogens is 2. The van der Waals surface area contributed by atoms with E-state index < -0.39 is 29.2 Å². The van der Waals surface area contributed by atoms with Crippen LogP contribution in [0, 0.1) is 17.6 Å². The van der Waals surface area contributed by atoms with Crippen molar-refractivity contribution in [2.75, 3.05) is 31.1 Å². The van der Waals surface area contributed by atoms with Gasteiger partial charge in [-0.3, -0.25) is 4.79 Å². The Balaban J connectivity index is 1.19. The number of aromatic nitrogens is 4. The Hall–Kier alpha value is -3.67. The zero-order valence-electron chi connectivity index (χ0n) is 21.5. The van der Waals surface area contributed by atoms with E-state index in [0.717, 1.165) is 50.9 Å². The van der Waals surface area contributed by atoms with Crippen LogP contribution in [0.25, 0.3) is 11.4 Å². The lowest BCUT2D eigenvalue weighted by Gasteiger charge is -2.32. The Bertz CT molecular complexity index is 1190. The van der Waals surface area contributed by atoms with Crippen molar-refractivity contribution in [1.82, 2.24) is 25.4 Å². The number of hydrogen-bond donors (Lipinski definition) is 2. The molecule has 12 heteroatoms. The fraction of sp³-hybridized carbons (Fsp3) is 0.500. The highest BCUT2D eigenvalue weighted by molar-refractivity contribution is 5.94. The normalized spacial score (nSPS) is 14.9. The van der Waals surface area contributed by atoms with Crippen LogP contribution in [0.2, 0.25) is 0 Å². The number of nitrogens with one attached hydrogen (secondary N) is 1. The number of carbonyl (C=O) groups excluding carboxylic acids is 1. The number of anilines is 1. The highest BCUT2D eigenvalue weighted by Gasteiger charge is 2.22. The van der Waals surface area contributed by atoms with Gasteiger partial charge in [0.25, 0.3) is 5.91 Å². The predicted octanol–water partition coefficient (Wildman–Crippen LogP) is 3.55. The number of piperidine rings is 1. The van der Waals surface area contributed by atoms with Gasteiger partial charge in [0.1, 0.15) is 22.9 Å². The number of carbonyl (C=O) groups is 1. The van der Waals surface area contributed by atoms with Gasteiger partial charge in [0, 0.05) is 50.6 Å². The summed E-state index contributed by atoms with van der Waals surface area (Å²) in [6.07, 6.45) is 6.88. The Labute approximate surface area is 219 Å². The number of nitrogens with zero attached hydrogens (tertiary/aromatic N) is 5. The zero-order valence-corrected chi connectivity index (χ0v) is 21.5. The van der Waals surface area contributed by atoms with Crippen LogP contribution in [0.1, 0.15) is 55.8 Å². The molecule has 0 unspecified atom stereocenters. The van der Waals surface area contributed by atoms with Crippen LogP contribution in [0.5, 0.6) is 5.75 Å². The SMILES string of the molecule is CCc1nc(-c2cnc(N3CCC(CCCOc4cc(F)c(C(=O)NC[C@H](C)O)c(F)c4)CC3)nc2)no1. The second kappa shape index (κ2) is 12.7. The smallest absolute Gasteiger partial charge is 0.257 e. The summed E-state index contributed by atoms with van der Waals surface area (Å²) in [5.74, 6) is -0.665. The molecule has 38 heavy (non-hydrogen) atoms. The Morgan fingerprint density at radius 1 is 1.24 bits per heavy atom. The number of ether oxygens (including phenoxy) is 1. The van der Waals surface area contributed by atoms with E-state index in [1.807, 2.05) is 6.92 Å². The number of amides is 1. The van der Waals surface area contributed by atoms with Crippen molar-refractivity contribution in [3.05, 3.63) is 47.6 Å². The van der Waals surface area contributed by atoms with E-state index in [9.17, 15) is 18.7 Å². The number of hydrogen-bond acceptors (Lipinski definition) is 9. The molecule has 1 aromatic carbocycles. The lowest BCUT2D eigenvalue weighted by atomic mass is 9.92. The number of aliphatic hydroxyl groups excluding tert-OH is 1. The van der Waals surface area contributed by atoms with Gasteiger partial charge in [-0.05, 0) is 38.5 Å². The molecule has 1 atom stereocenters. The summed E-state index contributed by atoms with van der Waals surface area (Å²) < 4.78 is 39.3. The third kappa shape index (κ3) is 7.00. The summed E-state index contributed by atoms with van der Waals surface area (Å²) >= 11 is 0. The summed E-state index contributed by atoms with van der Waals surface area (Å²) in [6.45, 7) is 5.29. The molecule has 0 spiro atoms. The van der Waals surface area contributed by atoms with Gasteiger partial charge in [-0.15, -0.1) is 0 Å². The first-order valence-electron chi connectivity index (χ1n) is 12.8. The molecule has 0 saturated carbocycles. The van der Waals surface area contributed by atoms with Gasteiger partial charge >= 0.3 is 0 Å². The predicted molar refractivity (Wildman–Crippen MR) is 135 cm³/mol. The first-order valence-corrected chi connectivity index (χ1v) is 12.8. The molecule has 2 N–H and O–H groups in total. The molecular weight excluding hydrogens is 498 g/mol. The van der Waals surface area contributed by atoms with Gasteiger partial charge < -0.3 is 24.6 Å². The average Bonchev–Trinajstić information content (AvgIpc) is 3.39. The van der Waals surface area contributed by atoms with E-state index in [1.165, 1.54) is 6.92 Å². The van der Waals surface area contributed by atoms with E-state index in [0.29, 0.717) is 42.2 Å². The lowest BCUT2D eigenvalue weighted by molar-refractivity contribution is 0.0915. The molecule has 3 aromatic rings. The minimum absolute atomic E-state index is 0.0363. The average molecular weight is 531 g/mol. The van der Waals surface area contributed by atoms with Gasteiger partial charge in [-0.25, -0.2) is 18.7 Å². The van der Waals surface area contributed by atoms with E-state index in [1.54, 1.807) is 12.4 Å². The minimum Gasteiger partial charge on any atom is -0.493 e. The van der Waals surface area contributed by atoms with Gasteiger partial charge in [-0.1, -0.05) is 12.1 Å². The fourth-order valence-corrected chi connectivity index (χ4v) is 4.28. The van der Waals surface area contributed by atoms with Crippen molar-refractivity contribution in [2.24, 2.45) is 5.92 Å². The fourth-order valence-electron chi connectivity index (χ4n) is 4.28. The third-order valence-corrected chi connectivity index (χ3v) is 6.39. The van der Waals surface area contributed by atoms with Crippen LogP contribution in [0.3, 0.4) is 0 Å². The first-order chi connectivity index (χ1) is 18.3. The van der Waals surface area contributed by atoms with Crippen molar-refractivity contribution >= 4 is 11.9 Å². The van der Waals surface area contributed by atoms with Crippen LogP contribution >= 0.6 is 0 Å². The number of aliphatic hydroxyl groups is 1. The Morgan fingerprint density at radius 2 is 1.92 bits per heavy atom. The molecule has 0 radical (unpaired) electrons. The van der Waals surface area contributed by atoms with Crippen LogP contribution in [0.4, 0.5) is 14.7 Å². The highest BCUT2D eigenvalue weighted by atomic mass is 19.1. The molecule has 3 heterocycles. The molecule has 1 amide bonds. The Kier molecular flexibility index (Phi) is 9.16. The summed E-state index contributed by atoms with van der Waals surface area (Å²) in [6, 6.07) is 2.01. The molecular formula is C26H32F2N6O4. The van der Waals surface area contributed by atoms with Crippen LogP contribution < -0.4 is 15.0 Å². The van der Waals surface area contributed by atoms with Crippen molar-refractivity contribution in [3.63, 3.8) is 0 Å². The first kappa shape index (κ1) is 27.4. The summed E-state index contributed by atoms with van der Waals surface area (Å²) in [7, 11) is 0. The van der Waals surface area contributed by atoms with E-state index in [-0.39, 0.29) is 12.3 Å². The maximum absolute atomic E-state index is 14.3. The van der Waals surface area contributed by atoms with Gasteiger partial charge in [-0.2, -0.15) is 4.98 Å². The topological polar surface area (TPSA) is 126 Å². The van der Waals surface area contributed by atoms with E-state index in [2.05, 4.69) is 30.3 Å². The molecule has 204 valence electrons. The van der Waals surface area contributed by atoms with Gasteiger partial charge in [0.05, 0.1) is 18.3 Å². The van der Waals surface area contributed by atoms with Crippen molar-refractivity contribution < 1.29 is 27.9 Å². The van der Waals surface area contributed by atoms with Crippen LogP contribution in [-0.4, -0.2) is 63.5 Å². The zero-order chi connectivity index (χ0) is 27.1. The quantitative estimate of drug-likeness (QED) is 0.358. The number of aryl methyl sites for hydroxylation is 1. The second-order valence-electron chi connectivity index (χ2n) is 9.38. The number of benzene rings is 1. The molecule has 1 saturated heterocycles. The van der Waals surface area contributed by atoms with Crippen LogP contribution in [0.15, 0.2) is 29.0 Å². The van der Waals surface area contributed by atoms with E-state index >= 15 is 0 Å². The molecule has 4 rings (SSSR count). The standard InChI is InChI=1S/C26H32F2N6O4/c1-3-22-32-24(33-38-22)18-14-30-26(31-15-18)34-8-6-17(7-9-34)5-4-10-37-19-11-20(27)23(21(28)12-19)25(36)29-13-16(2)35/h11-12,14-17,35H,3-10,13H2,1-2H3,(H,29,36)/t16-/m0/s1. The highest BCUT2D eigenvalue weighted by Crippen LogP contribution is 2.26. The summed E-state index contributed by atoms with van der Waals surface area (Å²) in [4.78, 5) is 27.4. The van der Waals surface area contributed by atoms with E-state index in [4.69, 9.17) is 9.26 Å². The van der Waals surface area contributed by atoms with Crippen molar-refractivity contribution in [1.29, 1.82) is 0 Å². The molecule has 2 aromatic heterocycles. The van der Waals surface area contributed by atoms with Gasteiger partial charge in [0.15, 0.2) is 0 Å². The largest absolute Gasteiger partial charge is 0.493 e.